The van der Waals surface area contributed by atoms with Crippen LogP contribution in [0.1, 0.15) is 27.9 Å². The zero-order valence-corrected chi connectivity index (χ0v) is 14.7. The van der Waals surface area contributed by atoms with Gasteiger partial charge in [-0.3, -0.25) is 9.89 Å². The van der Waals surface area contributed by atoms with E-state index in [-0.39, 0.29) is 5.91 Å². The molecule has 3 aromatic rings. The molecule has 5 nitrogen and oxygen atoms in total. The van der Waals surface area contributed by atoms with Crippen LogP contribution in [0.25, 0.3) is 22.5 Å². The molecule has 1 aliphatic carbocycles. The van der Waals surface area contributed by atoms with E-state index in [1.54, 1.807) is 7.11 Å². The summed E-state index contributed by atoms with van der Waals surface area (Å²) in [6.45, 7) is 1.26. The summed E-state index contributed by atoms with van der Waals surface area (Å²) < 4.78 is 4.99. The van der Waals surface area contributed by atoms with Gasteiger partial charge in [0.25, 0.3) is 5.91 Å². The van der Waals surface area contributed by atoms with Crippen LogP contribution < -0.4 is 5.32 Å². The van der Waals surface area contributed by atoms with Crippen molar-refractivity contribution in [2.24, 2.45) is 0 Å². The van der Waals surface area contributed by atoms with E-state index in [9.17, 15) is 4.79 Å². The number of benzene rings is 2. The number of aromatic nitrogens is 2. The van der Waals surface area contributed by atoms with Gasteiger partial charge in [-0.05, 0) is 24.1 Å². The van der Waals surface area contributed by atoms with Crippen LogP contribution in [0.15, 0.2) is 48.5 Å². The molecule has 132 valence electrons. The fraction of sp³-hybridized carbons (Fsp3) is 0.238. The quantitative estimate of drug-likeness (QED) is 0.525. The van der Waals surface area contributed by atoms with Gasteiger partial charge in [0.15, 0.2) is 0 Å². The van der Waals surface area contributed by atoms with E-state index in [4.69, 9.17) is 4.74 Å². The largest absolute Gasteiger partial charge is 0.385 e. The molecule has 0 fully saturated rings. The van der Waals surface area contributed by atoms with E-state index in [0.717, 1.165) is 29.8 Å². The van der Waals surface area contributed by atoms with Crippen molar-refractivity contribution >= 4 is 5.91 Å². The third-order valence-electron chi connectivity index (χ3n) is 4.75. The van der Waals surface area contributed by atoms with Crippen LogP contribution >= 0.6 is 0 Å². The maximum Gasteiger partial charge on any atom is 0.251 e. The molecule has 0 radical (unpaired) electrons. The number of fused-ring (bicyclic) bond motifs is 3. The third-order valence-corrected chi connectivity index (χ3v) is 4.75. The highest BCUT2D eigenvalue weighted by Crippen LogP contribution is 2.39. The number of hydrogen-bond acceptors (Lipinski definition) is 3. The summed E-state index contributed by atoms with van der Waals surface area (Å²) in [4.78, 5) is 12.2. The standard InChI is InChI=1S/C21H21N3O2/c1-26-12-4-11-22-21(25)15-9-7-14(8-10-15)19-18-13-16-5-2-3-6-17(16)20(18)24-23-19/h2-3,5-10H,4,11-13H2,1H3,(H,22,25)(H,23,24). The molecule has 0 atom stereocenters. The monoisotopic (exact) mass is 347 g/mol. The summed E-state index contributed by atoms with van der Waals surface area (Å²) >= 11 is 0. The maximum atomic E-state index is 12.2. The van der Waals surface area contributed by atoms with E-state index in [1.807, 2.05) is 24.3 Å². The smallest absolute Gasteiger partial charge is 0.251 e. The zero-order chi connectivity index (χ0) is 17.9. The van der Waals surface area contributed by atoms with Gasteiger partial charge in [0.2, 0.25) is 0 Å². The van der Waals surface area contributed by atoms with Gasteiger partial charge in [-0.1, -0.05) is 36.4 Å². The van der Waals surface area contributed by atoms with Crippen LogP contribution in [0.5, 0.6) is 0 Å². The van der Waals surface area contributed by atoms with Crippen LogP contribution in [-0.2, 0) is 11.2 Å². The van der Waals surface area contributed by atoms with Gasteiger partial charge in [-0.15, -0.1) is 0 Å². The summed E-state index contributed by atoms with van der Waals surface area (Å²) in [6, 6.07) is 16.0. The number of amides is 1. The second kappa shape index (κ2) is 7.14. The predicted octanol–water partition coefficient (Wildman–Crippen LogP) is 3.41. The summed E-state index contributed by atoms with van der Waals surface area (Å²) in [5.74, 6) is -0.0627. The fourth-order valence-corrected chi connectivity index (χ4v) is 3.41. The maximum absolute atomic E-state index is 12.2. The second-order valence-corrected chi connectivity index (χ2v) is 6.44. The predicted molar refractivity (Wildman–Crippen MR) is 101 cm³/mol. The molecule has 0 bridgehead atoms. The number of ether oxygens (including phenoxy) is 1. The van der Waals surface area contributed by atoms with Crippen molar-refractivity contribution in [3.05, 3.63) is 65.2 Å². The SMILES string of the molecule is COCCCNC(=O)c1ccc(-c2n[nH]c3c2Cc2ccccc2-3)cc1. The van der Waals surface area contributed by atoms with Gasteiger partial charge < -0.3 is 10.1 Å². The minimum absolute atomic E-state index is 0.0627. The summed E-state index contributed by atoms with van der Waals surface area (Å²) in [5, 5.41) is 10.6. The molecular formula is C21H21N3O2. The third kappa shape index (κ3) is 3.02. The number of carbonyl (C=O) groups excluding carboxylic acids is 1. The van der Waals surface area contributed by atoms with E-state index >= 15 is 0 Å². The highest BCUT2D eigenvalue weighted by Gasteiger charge is 2.24. The van der Waals surface area contributed by atoms with Gasteiger partial charge in [0, 0.05) is 48.9 Å². The van der Waals surface area contributed by atoms with Gasteiger partial charge in [0.05, 0.1) is 11.4 Å². The number of hydrogen-bond donors (Lipinski definition) is 2. The van der Waals surface area contributed by atoms with E-state index in [2.05, 4.69) is 39.8 Å². The lowest BCUT2D eigenvalue weighted by Crippen LogP contribution is -2.25. The van der Waals surface area contributed by atoms with Gasteiger partial charge in [-0.2, -0.15) is 5.10 Å². The lowest BCUT2D eigenvalue weighted by Gasteiger charge is -2.06. The van der Waals surface area contributed by atoms with Crippen molar-refractivity contribution in [2.45, 2.75) is 12.8 Å². The fourth-order valence-electron chi connectivity index (χ4n) is 3.41. The van der Waals surface area contributed by atoms with Crippen LogP contribution in [0.4, 0.5) is 0 Å². The molecule has 0 saturated carbocycles. The molecule has 0 unspecified atom stereocenters. The minimum atomic E-state index is -0.0627. The Bertz CT molecular complexity index is 929. The Hall–Kier alpha value is -2.92. The molecule has 1 heterocycles. The molecular weight excluding hydrogens is 326 g/mol. The Morgan fingerprint density at radius 1 is 1.19 bits per heavy atom. The van der Waals surface area contributed by atoms with Gasteiger partial charge in [0.1, 0.15) is 0 Å². The number of aromatic amines is 1. The number of carbonyl (C=O) groups is 1. The van der Waals surface area contributed by atoms with Crippen LogP contribution in [0.3, 0.4) is 0 Å². The average Bonchev–Trinajstić information content (AvgIpc) is 3.24. The molecule has 1 amide bonds. The van der Waals surface area contributed by atoms with Crippen molar-refractivity contribution in [3.63, 3.8) is 0 Å². The molecule has 5 heteroatoms. The Balaban J connectivity index is 1.50. The first-order chi connectivity index (χ1) is 12.8. The molecule has 4 rings (SSSR count). The van der Waals surface area contributed by atoms with Crippen LogP contribution in [-0.4, -0.2) is 36.4 Å². The number of methoxy groups -OCH3 is 1. The summed E-state index contributed by atoms with van der Waals surface area (Å²) in [7, 11) is 1.66. The topological polar surface area (TPSA) is 67.0 Å². The average molecular weight is 347 g/mol. The lowest BCUT2D eigenvalue weighted by molar-refractivity contribution is 0.0948. The van der Waals surface area contributed by atoms with E-state index < -0.39 is 0 Å². The normalized spacial score (nSPS) is 11.9. The van der Waals surface area contributed by atoms with Crippen molar-refractivity contribution in [1.82, 2.24) is 15.5 Å². The van der Waals surface area contributed by atoms with Crippen molar-refractivity contribution < 1.29 is 9.53 Å². The summed E-state index contributed by atoms with van der Waals surface area (Å²) in [6.07, 6.45) is 1.69. The first-order valence-corrected chi connectivity index (χ1v) is 8.81. The zero-order valence-electron chi connectivity index (χ0n) is 14.7. The molecule has 0 saturated heterocycles. The number of rotatable bonds is 6. The Kier molecular flexibility index (Phi) is 4.54. The number of H-pyrrole nitrogens is 1. The highest BCUT2D eigenvalue weighted by atomic mass is 16.5. The Morgan fingerprint density at radius 2 is 2.00 bits per heavy atom. The molecule has 26 heavy (non-hydrogen) atoms. The lowest BCUT2D eigenvalue weighted by atomic mass is 10.0. The van der Waals surface area contributed by atoms with E-state index in [1.165, 1.54) is 16.7 Å². The van der Waals surface area contributed by atoms with Gasteiger partial charge in [-0.25, -0.2) is 0 Å². The molecule has 1 aromatic heterocycles. The highest BCUT2D eigenvalue weighted by molar-refractivity contribution is 5.94. The van der Waals surface area contributed by atoms with Crippen molar-refractivity contribution in [3.8, 4) is 22.5 Å². The second-order valence-electron chi connectivity index (χ2n) is 6.44. The number of nitrogens with one attached hydrogen (secondary N) is 2. The van der Waals surface area contributed by atoms with Crippen molar-refractivity contribution in [1.29, 1.82) is 0 Å². The first kappa shape index (κ1) is 16.5. The van der Waals surface area contributed by atoms with E-state index in [0.29, 0.717) is 18.7 Å². The Labute approximate surface area is 152 Å². The molecule has 2 aromatic carbocycles. The number of nitrogens with zero attached hydrogens (tertiary/aromatic N) is 1. The molecule has 0 spiro atoms. The summed E-state index contributed by atoms with van der Waals surface area (Å²) in [5.41, 5.74) is 7.52. The first-order valence-electron chi connectivity index (χ1n) is 8.81. The molecule has 1 aliphatic rings. The molecule has 2 N–H and O–H groups in total. The van der Waals surface area contributed by atoms with Gasteiger partial charge >= 0.3 is 0 Å². The van der Waals surface area contributed by atoms with Crippen molar-refractivity contribution in [2.75, 3.05) is 20.3 Å². The van der Waals surface area contributed by atoms with Crippen LogP contribution in [0.2, 0.25) is 0 Å². The Morgan fingerprint density at radius 3 is 2.81 bits per heavy atom. The minimum Gasteiger partial charge on any atom is -0.385 e. The molecule has 0 aliphatic heterocycles. The van der Waals surface area contributed by atoms with Crippen LogP contribution in [0, 0.1) is 0 Å².